The summed E-state index contributed by atoms with van der Waals surface area (Å²) < 4.78 is 30.2. The maximum atomic E-state index is 14.6. The molecule has 0 saturated heterocycles. The lowest BCUT2D eigenvalue weighted by molar-refractivity contribution is 0.0693. The second-order valence-electron chi connectivity index (χ2n) is 6.28. The summed E-state index contributed by atoms with van der Waals surface area (Å²) in [5.74, 6) is -2.53. The first-order valence-electron chi connectivity index (χ1n) is 7.96. The number of nitrogens with zero attached hydrogens (tertiary/aromatic N) is 1. The third-order valence-electron chi connectivity index (χ3n) is 4.41. The molecule has 1 fully saturated rings. The van der Waals surface area contributed by atoms with Crippen molar-refractivity contribution in [2.45, 2.75) is 32.2 Å². The normalized spacial score (nSPS) is 13.9. The summed E-state index contributed by atoms with van der Waals surface area (Å²) in [5.41, 5.74) is -1.34. The van der Waals surface area contributed by atoms with Gasteiger partial charge in [0, 0.05) is 29.2 Å². The van der Waals surface area contributed by atoms with E-state index in [-0.39, 0.29) is 29.7 Å². The highest BCUT2D eigenvalue weighted by molar-refractivity contribution is 9.10. The molecule has 1 aromatic carbocycles. The number of hydrogen-bond acceptors (Lipinski definition) is 2. The molecular weight excluding hydrogens is 396 g/mol. The number of carboxylic acid groups (broad SMARTS) is 1. The van der Waals surface area contributed by atoms with Crippen LogP contribution in [0.4, 0.5) is 8.78 Å². The van der Waals surface area contributed by atoms with Crippen molar-refractivity contribution >= 4 is 21.9 Å². The number of rotatable bonds is 6. The quantitative estimate of drug-likeness (QED) is 0.781. The topological polar surface area (TPSA) is 59.3 Å². The van der Waals surface area contributed by atoms with Crippen LogP contribution >= 0.6 is 15.9 Å². The number of halogens is 3. The number of aryl methyl sites for hydroxylation is 1. The minimum atomic E-state index is -1.34. The van der Waals surface area contributed by atoms with Gasteiger partial charge in [-0.1, -0.05) is 34.8 Å². The molecule has 0 unspecified atom stereocenters. The average molecular weight is 412 g/mol. The zero-order valence-electron chi connectivity index (χ0n) is 13.3. The SMILES string of the molecule is O=C(O)c1cn(CCC2CC2)c(=O)c(F)c1Cc1ccc(Br)cc1F. The fourth-order valence-corrected chi connectivity index (χ4v) is 3.11. The van der Waals surface area contributed by atoms with Crippen molar-refractivity contribution in [1.82, 2.24) is 4.57 Å². The van der Waals surface area contributed by atoms with E-state index < -0.39 is 23.2 Å². The number of aromatic nitrogens is 1. The van der Waals surface area contributed by atoms with E-state index in [4.69, 9.17) is 0 Å². The van der Waals surface area contributed by atoms with Crippen LogP contribution in [0.5, 0.6) is 0 Å². The lowest BCUT2D eigenvalue weighted by atomic mass is 10.0. The molecule has 132 valence electrons. The van der Waals surface area contributed by atoms with Gasteiger partial charge in [-0.3, -0.25) is 4.79 Å². The van der Waals surface area contributed by atoms with Gasteiger partial charge in [-0.25, -0.2) is 13.6 Å². The number of carboxylic acids is 1. The first-order chi connectivity index (χ1) is 11.9. The summed E-state index contributed by atoms with van der Waals surface area (Å²) in [6, 6.07) is 4.22. The lowest BCUT2D eigenvalue weighted by Gasteiger charge is -2.13. The van der Waals surface area contributed by atoms with Gasteiger partial charge in [0.05, 0.1) is 5.56 Å². The van der Waals surface area contributed by atoms with Crippen LogP contribution in [-0.2, 0) is 13.0 Å². The molecule has 4 nitrogen and oxygen atoms in total. The van der Waals surface area contributed by atoms with E-state index in [0.29, 0.717) is 10.4 Å². The number of hydrogen-bond donors (Lipinski definition) is 1. The minimum Gasteiger partial charge on any atom is -0.478 e. The molecule has 3 rings (SSSR count). The van der Waals surface area contributed by atoms with E-state index in [9.17, 15) is 23.5 Å². The van der Waals surface area contributed by atoms with Crippen LogP contribution in [0.1, 0.15) is 40.7 Å². The van der Waals surface area contributed by atoms with Crippen molar-refractivity contribution in [1.29, 1.82) is 0 Å². The molecule has 1 N–H and O–H groups in total. The smallest absolute Gasteiger partial charge is 0.337 e. The van der Waals surface area contributed by atoms with Crippen molar-refractivity contribution in [2.24, 2.45) is 5.92 Å². The minimum absolute atomic E-state index is 0.125. The zero-order valence-corrected chi connectivity index (χ0v) is 14.9. The fourth-order valence-electron chi connectivity index (χ4n) is 2.77. The fraction of sp³-hybridized carbons (Fsp3) is 0.333. The number of benzene rings is 1. The molecule has 0 amide bonds. The average Bonchev–Trinajstić information content (AvgIpc) is 3.37. The number of pyridine rings is 1. The zero-order chi connectivity index (χ0) is 18.1. The summed E-state index contributed by atoms with van der Waals surface area (Å²) >= 11 is 3.13. The Bertz CT molecular complexity index is 891. The van der Waals surface area contributed by atoms with Crippen molar-refractivity contribution in [3.05, 3.63) is 67.5 Å². The van der Waals surface area contributed by atoms with Gasteiger partial charge in [0.2, 0.25) is 0 Å². The van der Waals surface area contributed by atoms with E-state index in [1.807, 2.05) is 0 Å². The lowest BCUT2D eigenvalue weighted by Crippen LogP contribution is -2.27. The molecule has 1 saturated carbocycles. The Morgan fingerprint density at radius 1 is 1.32 bits per heavy atom. The summed E-state index contributed by atoms with van der Waals surface area (Å²) in [4.78, 5) is 23.8. The second kappa shape index (κ2) is 7.07. The van der Waals surface area contributed by atoms with Gasteiger partial charge in [-0.05, 0) is 30.0 Å². The van der Waals surface area contributed by atoms with E-state index in [1.54, 1.807) is 6.07 Å². The molecule has 0 aliphatic heterocycles. The van der Waals surface area contributed by atoms with Crippen LogP contribution in [0.25, 0.3) is 0 Å². The molecule has 0 spiro atoms. The Morgan fingerprint density at radius 2 is 2.04 bits per heavy atom. The second-order valence-corrected chi connectivity index (χ2v) is 7.20. The third-order valence-corrected chi connectivity index (χ3v) is 4.90. The predicted octanol–water partition coefficient (Wildman–Crippen LogP) is 3.98. The third kappa shape index (κ3) is 3.98. The van der Waals surface area contributed by atoms with E-state index >= 15 is 0 Å². The molecule has 1 aliphatic rings. The van der Waals surface area contributed by atoms with Crippen LogP contribution in [0.2, 0.25) is 0 Å². The Morgan fingerprint density at radius 3 is 2.64 bits per heavy atom. The molecule has 0 bridgehead atoms. The van der Waals surface area contributed by atoms with Gasteiger partial charge in [-0.2, -0.15) is 0 Å². The first kappa shape index (κ1) is 17.8. The maximum absolute atomic E-state index is 14.6. The summed E-state index contributed by atoms with van der Waals surface area (Å²) in [6.07, 6.45) is 3.76. The highest BCUT2D eigenvalue weighted by Crippen LogP contribution is 2.32. The number of carbonyl (C=O) groups is 1. The Kier molecular flexibility index (Phi) is 5.03. The molecule has 7 heteroatoms. The van der Waals surface area contributed by atoms with Crippen LogP contribution in [-0.4, -0.2) is 15.6 Å². The van der Waals surface area contributed by atoms with E-state index in [0.717, 1.165) is 23.8 Å². The Labute approximate surface area is 151 Å². The monoisotopic (exact) mass is 411 g/mol. The van der Waals surface area contributed by atoms with Crippen LogP contribution in [0, 0.1) is 17.6 Å². The van der Waals surface area contributed by atoms with Gasteiger partial charge in [0.1, 0.15) is 5.82 Å². The summed E-state index contributed by atoms with van der Waals surface area (Å²) in [7, 11) is 0. The van der Waals surface area contributed by atoms with Gasteiger partial charge >= 0.3 is 5.97 Å². The van der Waals surface area contributed by atoms with Crippen molar-refractivity contribution in [2.75, 3.05) is 0 Å². The van der Waals surface area contributed by atoms with Crippen molar-refractivity contribution < 1.29 is 18.7 Å². The molecule has 25 heavy (non-hydrogen) atoms. The molecule has 1 aromatic heterocycles. The van der Waals surface area contributed by atoms with Crippen molar-refractivity contribution in [3.63, 3.8) is 0 Å². The number of aromatic carboxylic acids is 1. The standard InChI is InChI=1S/C18H16BrF2NO3/c19-12-4-3-11(15(20)8-12)7-13-14(18(24)25)9-22(17(23)16(13)21)6-5-10-1-2-10/h3-4,8-10H,1-2,5-7H2,(H,24,25). The maximum Gasteiger partial charge on any atom is 0.337 e. The highest BCUT2D eigenvalue weighted by Gasteiger charge is 2.24. The molecule has 1 aliphatic carbocycles. The van der Waals surface area contributed by atoms with Gasteiger partial charge in [0.25, 0.3) is 5.56 Å². The van der Waals surface area contributed by atoms with Gasteiger partial charge in [0.15, 0.2) is 5.82 Å². The Hall–Kier alpha value is -2.02. The van der Waals surface area contributed by atoms with Gasteiger partial charge in [-0.15, -0.1) is 0 Å². The Balaban J connectivity index is 2.00. The van der Waals surface area contributed by atoms with Crippen LogP contribution in [0.3, 0.4) is 0 Å². The van der Waals surface area contributed by atoms with Crippen LogP contribution in [0.15, 0.2) is 33.7 Å². The molecule has 2 aromatic rings. The van der Waals surface area contributed by atoms with E-state index in [2.05, 4.69) is 15.9 Å². The predicted molar refractivity (Wildman–Crippen MR) is 91.9 cm³/mol. The molecule has 0 atom stereocenters. The molecule has 1 heterocycles. The van der Waals surface area contributed by atoms with E-state index in [1.165, 1.54) is 18.3 Å². The summed E-state index contributed by atoms with van der Waals surface area (Å²) in [5, 5.41) is 9.40. The molecule has 0 radical (unpaired) electrons. The van der Waals surface area contributed by atoms with Crippen molar-refractivity contribution in [3.8, 4) is 0 Å². The van der Waals surface area contributed by atoms with Crippen LogP contribution < -0.4 is 5.56 Å². The van der Waals surface area contributed by atoms with Gasteiger partial charge < -0.3 is 9.67 Å². The largest absolute Gasteiger partial charge is 0.478 e. The summed E-state index contributed by atoms with van der Waals surface area (Å²) in [6.45, 7) is 0.285. The highest BCUT2D eigenvalue weighted by atomic mass is 79.9. The molecular formula is C18H16BrF2NO3. The first-order valence-corrected chi connectivity index (χ1v) is 8.75.